The van der Waals surface area contributed by atoms with Crippen molar-refractivity contribution >= 4 is 23.2 Å². The topological polar surface area (TPSA) is 30.5 Å². The highest BCUT2D eigenvalue weighted by Gasteiger charge is 2.15. The van der Waals surface area contributed by atoms with Gasteiger partial charge in [-0.1, -0.05) is 29.3 Å². The highest BCUT2D eigenvalue weighted by atomic mass is 35.5. The fourth-order valence-electron chi connectivity index (χ4n) is 2.79. The molecule has 0 bridgehead atoms. The van der Waals surface area contributed by atoms with Gasteiger partial charge in [-0.3, -0.25) is 0 Å². The van der Waals surface area contributed by atoms with Crippen molar-refractivity contribution in [1.29, 1.82) is 0 Å². The van der Waals surface area contributed by atoms with E-state index in [9.17, 15) is 4.39 Å². The van der Waals surface area contributed by atoms with E-state index in [4.69, 9.17) is 32.7 Å². The van der Waals surface area contributed by atoms with Crippen molar-refractivity contribution in [2.45, 2.75) is 32.1 Å². The molecule has 2 aromatic carbocycles. The van der Waals surface area contributed by atoms with E-state index in [0.29, 0.717) is 16.6 Å². The first kappa shape index (κ1) is 18.5. The van der Waals surface area contributed by atoms with Crippen LogP contribution in [0.2, 0.25) is 10.0 Å². The molecular weight excluding hydrogens is 364 g/mol. The van der Waals surface area contributed by atoms with Crippen LogP contribution >= 0.6 is 23.2 Å². The van der Waals surface area contributed by atoms with Crippen molar-refractivity contribution in [3.05, 3.63) is 63.4 Å². The predicted octanol–water partition coefficient (Wildman–Crippen LogP) is 4.98. The third kappa shape index (κ3) is 5.32. The van der Waals surface area contributed by atoms with Crippen LogP contribution in [0.4, 0.5) is 4.39 Å². The van der Waals surface area contributed by atoms with Crippen LogP contribution in [0.5, 0.6) is 5.75 Å². The average Bonchev–Trinajstić information content (AvgIpc) is 3.09. The Hall–Kier alpha value is -1.33. The van der Waals surface area contributed by atoms with Crippen molar-refractivity contribution in [2.24, 2.45) is 0 Å². The van der Waals surface area contributed by atoms with Gasteiger partial charge in [0.25, 0.3) is 0 Å². The molecule has 25 heavy (non-hydrogen) atoms. The molecule has 6 heteroatoms. The lowest BCUT2D eigenvalue weighted by atomic mass is 10.2. The number of hydrogen-bond donors (Lipinski definition) is 1. The lowest BCUT2D eigenvalue weighted by molar-refractivity contribution is 0.110. The van der Waals surface area contributed by atoms with E-state index >= 15 is 0 Å². The first-order valence-corrected chi connectivity index (χ1v) is 9.05. The largest absolute Gasteiger partial charge is 0.489 e. The van der Waals surface area contributed by atoms with Crippen LogP contribution in [0.25, 0.3) is 0 Å². The van der Waals surface area contributed by atoms with E-state index in [1.54, 1.807) is 12.1 Å². The number of nitrogens with one attached hydrogen (secondary N) is 1. The van der Waals surface area contributed by atoms with Gasteiger partial charge in [0.05, 0.1) is 11.1 Å². The summed E-state index contributed by atoms with van der Waals surface area (Å²) in [4.78, 5) is 0. The molecule has 3 nitrogen and oxygen atoms in total. The van der Waals surface area contributed by atoms with Gasteiger partial charge in [-0.15, -0.1) is 0 Å². The molecule has 0 spiro atoms. The second-order valence-corrected chi connectivity index (χ2v) is 6.89. The highest BCUT2D eigenvalue weighted by molar-refractivity contribution is 6.31. The molecule has 0 unspecified atom stereocenters. The Labute approximate surface area is 157 Å². The highest BCUT2D eigenvalue weighted by Crippen LogP contribution is 2.25. The normalized spacial score (nSPS) is 17.0. The molecular formula is C19H20Cl2FNO2. The van der Waals surface area contributed by atoms with E-state index < -0.39 is 0 Å². The number of rotatable bonds is 7. The Morgan fingerprint density at radius 2 is 2.04 bits per heavy atom. The van der Waals surface area contributed by atoms with Gasteiger partial charge < -0.3 is 14.8 Å². The molecule has 2 aromatic rings. The van der Waals surface area contributed by atoms with Crippen molar-refractivity contribution in [1.82, 2.24) is 5.32 Å². The Morgan fingerprint density at radius 3 is 2.80 bits per heavy atom. The first-order valence-electron chi connectivity index (χ1n) is 8.29. The molecule has 0 aromatic heterocycles. The summed E-state index contributed by atoms with van der Waals surface area (Å²) in [5.74, 6) is 0.365. The van der Waals surface area contributed by atoms with E-state index in [1.807, 2.05) is 12.1 Å². The minimum atomic E-state index is -0.362. The maximum Gasteiger partial charge on any atom is 0.124 e. The summed E-state index contributed by atoms with van der Waals surface area (Å²) in [5, 5.41) is 4.40. The zero-order valence-electron chi connectivity index (χ0n) is 13.7. The lowest BCUT2D eigenvalue weighted by Gasteiger charge is -2.15. The quantitative estimate of drug-likeness (QED) is 0.731. The Kier molecular flexibility index (Phi) is 6.54. The predicted molar refractivity (Wildman–Crippen MR) is 97.9 cm³/mol. The molecule has 1 N–H and O–H groups in total. The fourth-order valence-corrected chi connectivity index (χ4v) is 3.21. The lowest BCUT2D eigenvalue weighted by Crippen LogP contribution is -2.26. The first-order chi connectivity index (χ1) is 12.1. The van der Waals surface area contributed by atoms with Crippen LogP contribution in [0.3, 0.4) is 0 Å². The van der Waals surface area contributed by atoms with E-state index in [0.717, 1.165) is 42.9 Å². The molecule has 0 amide bonds. The third-order valence-electron chi connectivity index (χ3n) is 4.13. The molecule has 1 fully saturated rings. The average molecular weight is 384 g/mol. The summed E-state index contributed by atoms with van der Waals surface area (Å²) in [5.41, 5.74) is 1.69. The zero-order chi connectivity index (χ0) is 17.6. The van der Waals surface area contributed by atoms with E-state index in [1.165, 1.54) is 12.1 Å². The minimum absolute atomic E-state index is 0.263. The van der Waals surface area contributed by atoms with Crippen molar-refractivity contribution in [2.75, 3.05) is 13.2 Å². The second-order valence-electron chi connectivity index (χ2n) is 6.04. The van der Waals surface area contributed by atoms with Crippen LogP contribution in [0, 0.1) is 5.82 Å². The summed E-state index contributed by atoms with van der Waals surface area (Å²) in [7, 11) is 0. The minimum Gasteiger partial charge on any atom is -0.489 e. The standard InChI is InChI=1S/C19H20Cl2FNO2/c20-15-4-6-19(25-12-13-3-5-16(22)9-18(13)21)14(8-15)10-23-11-17-2-1-7-24-17/h3-6,8-9,17,23H,1-2,7,10-12H2/t17-/m0/s1. The van der Waals surface area contributed by atoms with Crippen molar-refractivity contribution in [3.8, 4) is 5.75 Å². The van der Waals surface area contributed by atoms with Gasteiger partial charge in [0.15, 0.2) is 0 Å². The molecule has 0 saturated carbocycles. The van der Waals surface area contributed by atoms with Crippen LogP contribution in [-0.4, -0.2) is 19.3 Å². The maximum absolute atomic E-state index is 13.1. The fraction of sp³-hybridized carbons (Fsp3) is 0.368. The SMILES string of the molecule is Fc1ccc(COc2ccc(Cl)cc2CNC[C@@H]2CCCO2)c(Cl)c1. The summed E-state index contributed by atoms with van der Waals surface area (Å²) < 4.78 is 24.6. The van der Waals surface area contributed by atoms with Gasteiger partial charge in [-0.2, -0.15) is 0 Å². The molecule has 1 saturated heterocycles. The van der Waals surface area contributed by atoms with Crippen molar-refractivity contribution < 1.29 is 13.9 Å². The van der Waals surface area contributed by atoms with Crippen molar-refractivity contribution in [3.63, 3.8) is 0 Å². The van der Waals surface area contributed by atoms with Crippen LogP contribution < -0.4 is 10.1 Å². The van der Waals surface area contributed by atoms with Gasteiger partial charge in [-0.05, 0) is 43.2 Å². The van der Waals surface area contributed by atoms with Crippen LogP contribution in [-0.2, 0) is 17.9 Å². The molecule has 1 atom stereocenters. The molecule has 1 aliphatic rings. The Balaban J connectivity index is 1.61. The van der Waals surface area contributed by atoms with Gasteiger partial charge in [0, 0.05) is 35.8 Å². The second kappa shape index (κ2) is 8.86. The summed E-state index contributed by atoms with van der Waals surface area (Å²) in [6.45, 7) is 2.54. The maximum atomic E-state index is 13.1. The third-order valence-corrected chi connectivity index (χ3v) is 4.72. The smallest absolute Gasteiger partial charge is 0.124 e. The van der Waals surface area contributed by atoms with Gasteiger partial charge in [-0.25, -0.2) is 4.39 Å². The van der Waals surface area contributed by atoms with E-state index in [2.05, 4.69) is 5.32 Å². The number of ether oxygens (including phenoxy) is 2. The monoisotopic (exact) mass is 383 g/mol. The number of halogens is 3. The number of benzene rings is 2. The Morgan fingerprint density at radius 1 is 1.16 bits per heavy atom. The molecule has 1 heterocycles. The summed E-state index contributed by atoms with van der Waals surface area (Å²) in [6.07, 6.45) is 2.49. The molecule has 0 aliphatic carbocycles. The molecule has 3 rings (SSSR count). The molecule has 0 radical (unpaired) electrons. The summed E-state index contributed by atoms with van der Waals surface area (Å²) >= 11 is 12.2. The van der Waals surface area contributed by atoms with E-state index in [-0.39, 0.29) is 18.5 Å². The van der Waals surface area contributed by atoms with Crippen LogP contribution in [0.15, 0.2) is 36.4 Å². The number of hydrogen-bond acceptors (Lipinski definition) is 3. The molecule has 134 valence electrons. The zero-order valence-corrected chi connectivity index (χ0v) is 15.2. The Bertz CT molecular complexity index is 721. The van der Waals surface area contributed by atoms with Gasteiger partial charge >= 0.3 is 0 Å². The van der Waals surface area contributed by atoms with Crippen LogP contribution in [0.1, 0.15) is 24.0 Å². The summed E-state index contributed by atoms with van der Waals surface area (Å²) in [6, 6.07) is 9.78. The van der Waals surface area contributed by atoms with Gasteiger partial charge in [0.1, 0.15) is 18.2 Å². The van der Waals surface area contributed by atoms with Gasteiger partial charge in [0.2, 0.25) is 0 Å². The molecule has 1 aliphatic heterocycles.